The van der Waals surface area contributed by atoms with Crippen LogP contribution in [0.3, 0.4) is 0 Å². The molecule has 1 amide bonds. The van der Waals surface area contributed by atoms with Gasteiger partial charge in [-0.15, -0.1) is 0 Å². The van der Waals surface area contributed by atoms with E-state index in [4.69, 9.17) is 10.5 Å². The third-order valence-corrected chi connectivity index (χ3v) is 5.34. The number of nitrogens with two attached hydrogens (primary N) is 1. The standard InChI is InChI=1S/C25H22FN3O3/c1-14-4-5-17(21(26)8-14)12-29-13-28-25(31)20-11-19(6-7-22(20)29)32-23-15(2)9-18(24(27)30)10-16(23)3/h4-11,13H,12H2,1-3H3,(H2,27,30). The van der Waals surface area contributed by atoms with Crippen LogP contribution in [0.25, 0.3) is 10.9 Å². The van der Waals surface area contributed by atoms with Gasteiger partial charge in [0.25, 0.3) is 5.56 Å². The smallest absolute Gasteiger partial charge is 0.280 e. The second-order valence-electron chi connectivity index (χ2n) is 7.86. The Morgan fingerprint density at radius 3 is 2.44 bits per heavy atom. The fourth-order valence-electron chi connectivity index (χ4n) is 3.72. The lowest BCUT2D eigenvalue weighted by atomic mass is 10.1. The van der Waals surface area contributed by atoms with E-state index in [1.54, 1.807) is 41.0 Å². The Hall–Kier alpha value is -4.00. The van der Waals surface area contributed by atoms with Crippen LogP contribution in [0.5, 0.6) is 11.5 Å². The second-order valence-corrected chi connectivity index (χ2v) is 7.86. The number of ether oxygens (including phenoxy) is 1. The van der Waals surface area contributed by atoms with Crippen LogP contribution in [-0.4, -0.2) is 15.5 Å². The van der Waals surface area contributed by atoms with Crippen molar-refractivity contribution in [1.82, 2.24) is 9.55 Å². The number of carbonyl (C=O) groups is 1. The molecule has 0 spiro atoms. The predicted octanol–water partition coefficient (Wildman–Crippen LogP) is 4.40. The third kappa shape index (κ3) is 4.09. The lowest BCUT2D eigenvalue weighted by molar-refractivity contribution is 0.1000. The molecule has 1 aromatic heterocycles. The minimum Gasteiger partial charge on any atom is -0.457 e. The summed E-state index contributed by atoms with van der Waals surface area (Å²) in [5, 5.41) is 0.363. The van der Waals surface area contributed by atoms with Gasteiger partial charge in [0, 0.05) is 11.1 Å². The van der Waals surface area contributed by atoms with Gasteiger partial charge in [0.1, 0.15) is 17.3 Å². The van der Waals surface area contributed by atoms with Gasteiger partial charge in [-0.1, -0.05) is 12.1 Å². The van der Waals surface area contributed by atoms with Crippen LogP contribution in [0.2, 0.25) is 0 Å². The van der Waals surface area contributed by atoms with E-state index >= 15 is 0 Å². The molecule has 0 saturated heterocycles. The molecule has 162 valence electrons. The van der Waals surface area contributed by atoms with Crippen molar-refractivity contribution in [3.05, 3.63) is 98.8 Å². The van der Waals surface area contributed by atoms with Gasteiger partial charge >= 0.3 is 0 Å². The van der Waals surface area contributed by atoms with Crippen LogP contribution in [0.4, 0.5) is 4.39 Å². The van der Waals surface area contributed by atoms with Crippen molar-refractivity contribution in [3.8, 4) is 11.5 Å². The molecule has 0 aliphatic heterocycles. The number of halogens is 1. The molecule has 7 heteroatoms. The Morgan fingerprint density at radius 1 is 1.06 bits per heavy atom. The summed E-state index contributed by atoms with van der Waals surface area (Å²) in [7, 11) is 0. The van der Waals surface area contributed by atoms with E-state index < -0.39 is 11.5 Å². The summed E-state index contributed by atoms with van der Waals surface area (Å²) in [4.78, 5) is 27.9. The zero-order valence-electron chi connectivity index (χ0n) is 18.0. The number of primary amides is 1. The van der Waals surface area contributed by atoms with Crippen LogP contribution in [0.1, 0.15) is 32.6 Å². The highest BCUT2D eigenvalue weighted by atomic mass is 19.1. The molecule has 0 bridgehead atoms. The Bertz CT molecular complexity index is 1400. The molecule has 2 N–H and O–H groups in total. The summed E-state index contributed by atoms with van der Waals surface area (Å²) in [6.45, 7) is 5.71. The number of aromatic nitrogens is 2. The number of hydrogen-bond donors (Lipinski definition) is 1. The fraction of sp³-hybridized carbons (Fsp3) is 0.160. The third-order valence-electron chi connectivity index (χ3n) is 5.34. The molecule has 0 fully saturated rings. The molecule has 0 unspecified atom stereocenters. The summed E-state index contributed by atoms with van der Waals surface area (Å²) >= 11 is 0. The summed E-state index contributed by atoms with van der Waals surface area (Å²) in [6, 6.07) is 13.5. The van der Waals surface area contributed by atoms with Gasteiger partial charge in [0.2, 0.25) is 5.91 Å². The maximum absolute atomic E-state index is 14.3. The van der Waals surface area contributed by atoms with Crippen molar-refractivity contribution in [3.63, 3.8) is 0 Å². The van der Waals surface area contributed by atoms with E-state index in [2.05, 4.69) is 4.98 Å². The molecule has 0 aliphatic carbocycles. The number of nitrogens with zero attached hydrogens (tertiary/aromatic N) is 2. The Balaban J connectivity index is 1.72. The van der Waals surface area contributed by atoms with Crippen molar-refractivity contribution >= 4 is 16.8 Å². The van der Waals surface area contributed by atoms with E-state index in [1.165, 1.54) is 12.4 Å². The topological polar surface area (TPSA) is 87.2 Å². The molecule has 0 saturated carbocycles. The van der Waals surface area contributed by atoms with E-state index in [-0.39, 0.29) is 12.4 Å². The van der Waals surface area contributed by atoms with Gasteiger partial charge < -0.3 is 15.0 Å². The molecule has 6 nitrogen and oxygen atoms in total. The second kappa shape index (κ2) is 8.26. The first-order valence-electron chi connectivity index (χ1n) is 10.1. The number of aryl methyl sites for hydroxylation is 3. The SMILES string of the molecule is Cc1ccc(Cn2cnc(=O)c3cc(Oc4c(C)cc(C(N)=O)cc4C)ccc32)c(F)c1. The summed E-state index contributed by atoms with van der Waals surface area (Å²) in [5.41, 5.74) is 8.83. The van der Waals surface area contributed by atoms with Crippen LogP contribution in [0.15, 0.2) is 59.7 Å². The minimum absolute atomic E-state index is 0.239. The maximum Gasteiger partial charge on any atom is 0.280 e. The monoisotopic (exact) mass is 431 g/mol. The highest BCUT2D eigenvalue weighted by molar-refractivity contribution is 5.93. The number of carbonyl (C=O) groups excluding carboxylic acids is 1. The summed E-state index contributed by atoms with van der Waals surface area (Å²) < 4.78 is 22.1. The van der Waals surface area contributed by atoms with Crippen LogP contribution in [0, 0.1) is 26.6 Å². The molecule has 0 radical (unpaired) electrons. The average molecular weight is 431 g/mol. The lowest BCUT2D eigenvalue weighted by Crippen LogP contribution is -2.14. The lowest BCUT2D eigenvalue weighted by Gasteiger charge is -2.15. The number of hydrogen-bond acceptors (Lipinski definition) is 4. The fourth-order valence-corrected chi connectivity index (χ4v) is 3.72. The van der Waals surface area contributed by atoms with Gasteiger partial charge in [-0.25, -0.2) is 4.39 Å². The number of amides is 1. The normalized spacial score (nSPS) is 11.0. The zero-order chi connectivity index (χ0) is 23.0. The zero-order valence-corrected chi connectivity index (χ0v) is 18.0. The molecule has 4 aromatic rings. The molecule has 0 aliphatic rings. The molecular weight excluding hydrogens is 409 g/mol. The minimum atomic E-state index is -0.509. The molecule has 3 aromatic carbocycles. The van der Waals surface area contributed by atoms with Crippen LogP contribution < -0.4 is 16.0 Å². The van der Waals surface area contributed by atoms with Gasteiger partial charge in [-0.3, -0.25) is 9.59 Å². The van der Waals surface area contributed by atoms with Crippen molar-refractivity contribution in [2.75, 3.05) is 0 Å². The predicted molar refractivity (Wildman–Crippen MR) is 121 cm³/mol. The van der Waals surface area contributed by atoms with Gasteiger partial charge in [0.15, 0.2) is 0 Å². The molecule has 1 heterocycles. The molecule has 32 heavy (non-hydrogen) atoms. The largest absolute Gasteiger partial charge is 0.457 e. The summed E-state index contributed by atoms with van der Waals surface area (Å²) in [6.07, 6.45) is 1.42. The number of fused-ring (bicyclic) bond motifs is 1. The van der Waals surface area contributed by atoms with Crippen molar-refractivity contribution in [2.45, 2.75) is 27.3 Å². The highest BCUT2D eigenvalue weighted by Gasteiger charge is 2.13. The summed E-state index contributed by atoms with van der Waals surface area (Å²) in [5.74, 6) is 0.223. The maximum atomic E-state index is 14.3. The van der Waals surface area contributed by atoms with Crippen molar-refractivity contribution in [2.24, 2.45) is 5.73 Å². The highest BCUT2D eigenvalue weighted by Crippen LogP contribution is 2.31. The Labute approximate surface area is 184 Å². The molecular formula is C25H22FN3O3. The first kappa shape index (κ1) is 21.2. The Kier molecular flexibility index (Phi) is 5.48. The molecule has 0 atom stereocenters. The van der Waals surface area contributed by atoms with E-state index in [1.807, 2.05) is 26.8 Å². The Morgan fingerprint density at radius 2 is 1.78 bits per heavy atom. The average Bonchev–Trinajstić information content (AvgIpc) is 2.74. The quantitative estimate of drug-likeness (QED) is 0.507. The van der Waals surface area contributed by atoms with E-state index in [0.717, 1.165) is 16.7 Å². The van der Waals surface area contributed by atoms with E-state index in [0.29, 0.717) is 33.5 Å². The first-order valence-corrected chi connectivity index (χ1v) is 10.1. The van der Waals surface area contributed by atoms with Crippen LogP contribution in [-0.2, 0) is 6.54 Å². The van der Waals surface area contributed by atoms with Gasteiger partial charge in [0.05, 0.1) is 23.8 Å². The molecule has 4 rings (SSSR count). The first-order chi connectivity index (χ1) is 15.2. The van der Waals surface area contributed by atoms with Crippen LogP contribution >= 0.6 is 0 Å². The van der Waals surface area contributed by atoms with Gasteiger partial charge in [-0.05, 0) is 73.9 Å². The van der Waals surface area contributed by atoms with Crippen molar-refractivity contribution < 1.29 is 13.9 Å². The van der Waals surface area contributed by atoms with Gasteiger partial charge in [-0.2, -0.15) is 4.98 Å². The number of rotatable bonds is 5. The van der Waals surface area contributed by atoms with Crippen molar-refractivity contribution in [1.29, 1.82) is 0 Å². The number of benzene rings is 3. The van der Waals surface area contributed by atoms with E-state index in [9.17, 15) is 14.0 Å².